The van der Waals surface area contributed by atoms with Crippen molar-refractivity contribution in [3.8, 4) is 11.5 Å². The van der Waals surface area contributed by atoms with Crippen molar-refractivity contribution in [1.29, 1.82) is 0 Å². The van der Waals surface area contributed by atoms with Gasteiger partial charge in [0.25, 0.3) is 5.92 Å². The first-order valence-electron chi connectivity index (χ1n) is 9.80. The molecule has 0 bridgehead atoms. The summed E-state index contributed by atoms with van der Waals surface area (Å²) in [5.41, 5.74) is -0.620. The molecule has 30 heavy (non-hydrogen) atoms. The van der Waals surface area contributed by atoms with Crippen LogP contribution in [0.25, 0.3) is 0 Å². The molecule has 164 valence electrons. The molecule has 2 unspecified atom stereocenters. The third kappa shape index (κ3) is 4.09. The Balaban J connectivity index is 1.87. The Hall–Kier alpha value is -2.38. The fraction of sp³-hybridized carbons (Fsp3) is 0.455. The van der Waals surface area contributed by atoms with E-state index in [-0.39, 0.29) is 43.1 Å². The van der Waals surface area contributed by atoms with Crippen molar-refractivity contribution in [3.05, 3.63) is 58.7 Å². The van der Waals surface area contributed by atoms with Crippen molar-refractivity contribution >= 4 is 0 Å². The van der Waals surface area contributed by atoms with Crippen molar-refractivity contribution in [1.82, 2.24) is 0 Å². The van der Waals surface area contributed by atoms with Gasteiger partial charge in [0.2, 0.25) is 11.6 Å². The number of halogens is 6. The number of hydrogen-bond acceptors (Lipinski definition) is 2. The zero-order valence-corrected chi connectivity index (χ0v) is 16.6. The summed E-state index contributed by atoms with van der Waals surface area (Å²) >= 11 is 0. The van der Waals surface area contributed by atoms with E-state index in [0.717, 1.165) is 12.1 Å². The van der Waals surface area contributed by atoms with Gasteiger partial charge in [-0.3, -0.25) is 0 Å². The first-order valence-corrected chi connectivity index (χ1v) is 9.80. The van der Waals surface area contributed by atoms with Gasteiger partial charge in [-0.1, -0.05) is 12.1 Å². The molecule has 0 radical (unpaired) electrons. The quantitative estimate of drug-likeness (QED) is 0.472. The van der Waals surface area contributed by atoms with Gasteiger partial charge in [0.05, 0.1) is 19.1 Å². The summed E-state index contributed by atoms with van der Waals surface area (Å²) in [6.45, 7) is 3.42. The van der Waals surface area contributed by atoms with Crippen LogP contribution in [-0.4, -0.2) is 19.1 Å². The second-order valence-electron chi connectivity index (χ2n) is 7.22. The van der Waals surface area contributed by atoms with E-state index in [1.165, 1.54) is 12.1 Å². The number of rotatable bonds is 6. The second kappa shape index (κ2) is 8.78. The Morgan fingerprint density at radius 2 is 1.27 bits per heavy atom. The Morgan fingerprint density at radius 1 is 0.767 bits per heavy atom. The summed E-state index contributed by atoms with van der Waals surface area (Å²) < 4.78 is 97.0. The molecule has 0 spiro atoms. The van der Waals surface area contributed by atoms with Crippen molar-refractivity contribution in [2.75, 3.05) is 13.2 Å². The monoisotopic (exact) mass is 432 g/mol. The molecule has 0 amide bonds. The molecule has 0 aliphatic heterocycles. The fourth-order valence-corrected chi connectivity index (χ4v) is 4.01. The maximum atomic E-state index is 14.9. The summed E-state index contributed by atoms with van der Waals surface area (Å²) in [7, 11) is 0. The van der Waals surface area contributed by atoms with Gasteiger partial charge < -0.3 is 9.47 Å². The molecule has 1 saturated carbocycles. The van der Waals surface area contributed by atoms with Gasteiger partial charge >= 0.3 is 0 Å². The van der Waals surface area contributed by atoms with Crippen LogP contribution in [0.2, 0.25) is 0 Å². The topological polar surface area (TPSA) is 18.5 Å². The predicted molar refractivity (Wildman–Crippen MR) is 99.3 cm³/mol. The lowest BCUT2D eigenvalue weighted by molar-refractivity contribution is -0.0628. The molecule has 0 heterocycles. The predicted octanol–water partition coefficient (Wildman–Crippen LogP) is 6.73. The molecule has 1 aliphatic carbocycles. The van der Waals surface area contributed by atoms with Gasteiger partial charge in [-0.25, -0.2) is 17.6 Å². The van der Waals surface area contributed by atoms with Crippen LogP contribution in [0, 0.1) is 23.3 Å². The molecule has 1 fully saturated rings. The zero-order valence-electron chi connectivity index (χ0n) is 16.6. The number of hydrogen-bond donors (Lipinski definition) is 0. The van der Waals surface area contributed by atoms with E-state index in [1.807, 2.05) is 0 Å². The highest BCUT2D eigenvalue weighted by molar-refractivity contribution is 5.37. The Morgan fingerprint density at radius 3 is 1.77 bits per heavy atom. The molecular weight excluding hydrogens is 410 g/mol. The summed E-state index contributed by atoms with van der Waals surface area (Å²) in [6, 6.07) is 4.67. The number of benzene rings is 2. The van der Waals surface area contributed by atoms with E-state index >= 15 is 0 Å². The van der Waals surface area contributed by atoms with Gasteiger partial charge in [0, 0.05) is 12.0 Å². The molecule has 3 rings (SSSR count). The second-order valence-corrected chi connectivity index (χ2v) is 7.22. The molecule has 0 saturated heterocycles. The van der Waals surface area contributed by atoms with E-state index < -0.39 is 53.0 Å². The Bertz CT molecular complexity index is 915. The summed E-state index contributed by atoms with van der Waals surface area (Å²) in [6.07, 6.45) is -0.953. The van der Waals surface area contributed by atoms with Gasteiger partial charge in [-0.05, 0) is 50.3 Å². The average molecular weight is 432 g/mol. The van der Waals surface area contributed by atoms with E-state index in [0.29, 0.717) is 0 Å². The minimum Gasteiger partial charge on any atom is -0.491 e. The van der Waals surface area contributed by atoms with Crippen LogP contribution in [0.4, 0.5) is 26.3 Å². The van der Waals surface area contributed by atoms with Crippen LogP contribution in [0.15, 0.2) is 24.3 Å². The molecule has 1 aliphatic rings. The minimum atomic E-state index is -3.44. The summed E-state index contributed by atoms with van der Waals surface area (Å²) in [5.74, 6) is -11.7. The van der Waals surface area contributed by atoms with E-state index in [1.54, 1.807) is 13.8 Å². The summed E-state index contributed by atoms with van der Waals surface area (Å²) in [4.78, 5) is 0. The third-order valence-corrected chi connectivity index (χ3v) is 5.40. The van der Waals surface area contributed by atoms with Gasteiger partial charge in [-0.15, -0.1) is 0 Å². The van der Waals surface area contributed by atoms with Crippen molar-refractivity contribution in [2.45, 2.75) is 50.9 Å². The van der Waals surface area contributed by atoms with E-state index in [9.17, 15) is 26.3 Å². The highest BCUT2D eigenvalue weighted by Gasteiger charge is 2.48. The Labute approximate surface area is 170 Å². The van der Waals surface area contributed by atoms with Crippen LogP contribution < -0.4 is 9.47 Å². The highest BCUT2D eigenvalue weighted by Crippen LogP contribution is 2.51. The van der Waals surface area contributed by atoms with Crippen LogP contribution in [0.3, 0.4) is 0 Å². The van der Waals surface area contributed by atoms with Crippen LogP contribution >= 0.6 is 0 Å². The first kappa shape index (κ1) is 22.3. The standard InChI is InChI=1S/C22H22F6O2/c1-3-29-16-9-6-13(18(23)20(16)25)12-5-8-15(22(27,28)11-12)14-7-10-17(30-4-2)21(26)19(14)24/h6-7,9-10,12,15H,3-5,8,11H2,1-2H3. The lowest BCUT2D eigenvalue weighted by atomic mass is 9.73. The smallest absolute Gasteiger partial charge is 0.255 e. The van der Waals surface area contributed by atoms with Crippen molar-refractivity contribution in [2.24, 2.45) is 0 Å². The SMILES string of the molecule is CCOc1ccc(C2CCC(c3ccc(OCC)c(F)c3F)C(F)(F)C2)c(F)c1F. The molecule has 0 N–H and O–H groups in total. The first-order chi connectivity index (χ1) is 14.2. The minimum absolute atomic E-state index is 0.0683. The van der Waals surface area contributed by atoms with E-state index in [4.69, 9.17) is 9.47 Å². The molecule has 0 aromatic heterocycles. The molecule has 2 aromatic carbocycles. The van der Waals surface area contributed by atoms with Crippen molar-refractivity contribution < 1.29 is 35.8 Å². The fourth-order valence-electron chi connectivity index (χ4n) is 4.01. The van der Waals surface area contributed by atoms with Gasteiger partial charge in [0.1, 0.15) is 0 Å². The molecule has 2 nitrogen and oxygen atoms in total. The maximum absolute atomic E-state index is 14.9. The van der Waals surface area contributed by atoms with E-state index in [2.05, 4.69) is 0 Å². The number of alkyl halides is 2. The average Bonchev–Trinajstić information content (AvgIpc) is 2.70. The lowest BCUT2D eigenvalue weighted by Crippen LogP contribution is -2.34. The van der Waals surface area contributed by atoms with Crippen LogP contribution in [0.5, 0.6) is 11.5 Å². The Kier molecular flexibility index (Phi) is 6.53. The van der Waals surface area contributed by atoms with Gasteiger partial charge in [0.15, 0.2) is 23.1 Å². The normalized spacial score (nSPS) is 20.8. The third-order valence-electron chi connectivity index (χ3n) is 5.40. The maximum Gasteiger partial charge on any atom is 0.255 e. The number of ether oxygens (including phenoxy) is 2. The molecule has 2 atom stereocenters. The molecular formula is C22H22F6O2. The van der Waals surface area contributed by atoms with Crippen LogP contribution in [0.1, 0.15) is 56.1 Å². The largest absolute Gasteiger partial charge is 0.491 e. The highest BCUT2D eigenvalue weighted by atomic mass is 19.3. The van der Waals surface area contributed by atoms with Crippen molar-refractivity contribution in [3.63, 3.8) is 0 Å². The molecule has 2 aromatic rings. The molecule has 8 heteroatoms. The zero-order chi connectivity index (χ0) is 22.1. The summed E-state index contributed by atoms with van der Waals surface area (Å²) in [5, 5.41) is 0. The van der Waals surface area contributed by atoms with Gasteiger partial charge in [-0.2, -0.15) is 8.78 Å². The lowest BCUT2D eigenvalue weighted by Gasteiger charge is -2.36. The van der Waals surface area contributed by atoms with Crippen LogP contribution in [-0.2, 0) is 0 Å².